The molecule has 3 heterocycles. The van der Waals surface area contributed by atoms with Crippen LogP contribution >= 0.6 is 11.8 Å². The van der Waals surface area contributed by atoms with E-state index in [1.54, 1.807) is 7.05 Å². The number of unbranched alkanes of at least 4 members (excludes halogenated alkanes) is 1. The first-order chi connectivity index (χ1) is 13.5. The van der Waals surface area contributed by atoms with Crippen LogP contribution in [-0.4, -0.2) is 48.3 Å². The normalized spacial score (nSPS) is 15.2. The van der Waals surface area contributed by atoms with Crippen molar-refractivity contribution >= 4 is 28.8 Å². The molecule has 3 rings (SSSR count). The van der Waals surface area contributed by atoms with E-state index in [0.717, 1.165) is 43.3 Å². The maximum Gasteiger partial charge on any atom is 0.332 e. The van der Waals surface area contributed by atoms with E-state index in [1.165, 1.54) is 36.2 Å². The maximum absolute atomic E-state index is 12.7. The lowest BCUT2D eigenvalue weighted by Gasteiger charge is -2.19. The van der Waals surface area contributed by atoms with Gasteiger partial charge in [0.25, 0.3) is 5.56 Å². The van der Waals surface area contributed by atoms with Gasteiger partial charge >= 0.3 is 5.69 Å². The molecule has 1 saturated heterocycles. The Kier molecular flexibility index (Phi) is 6.64. The third-order valence-corrected chi connectivity index (χ3v) is 6.29. The summed E-state index contributed by atoms with van der Waals surface area (Å²) in [5, 5.41) is 0.630. The number of rotatable bonds is 6. The van der Waals surface area contributed by atoms with Gasteiger partial charge in [0.1, 0.15) is 0 Å². The number of thioether (sulfide) groups is 1. The van der Waals surface area contributed by atoms with Crippen LogP contribution in [0.2, 0.25) is 0 Å². The minimum atomic E-state index is -0.394. The van der Waals surface area contributed by atoms with Gasteiger partial charge in [0, 0.05) is 33.7 Å². The van der Waals surface area contributed by atoms with Crippen molar-refractivity contribution in [3.05, 3.63) is 20.8 Å². The summed E-state index contributed by atoms with van der Waals surface area (Å²) in [6.07, 6.45) is 6.35. The molecule has 8 nitrogen and oxygen atoms in total. The monoisotopic (exact) mass is 407 g/mol. The van der Waals surface area contributed by atoms with E-state index in [2.05, 4.69) is 11.9 Å². The Labute approximate surface area is 168 Å². The Morgan fingerprint density at radius 1 is 1.07 bits per heavy atom. The van der Waals surface area contributed by atoms with Crippen molar-refractivity contribution < 1.29 is 4.79 Å². The van der Waals surface area contributed by atoms with Crippen LogP contribution in [0.15, 0.2) is 14.7 Å². The SMILES string of the molecule is CCCCn1c(SCC(=O)N2CCCCCC2)nc2c1c(=O)n(C)c(=O)n2C. The number of fused-ring (bicyclic) bond motifs is 1. The molecule has 9 heteroatoms. The maximum atomic E-state index is 12.7. The minimum absolute atomic E-state index is 0.114. The number of amides is 1. The van der Waals surface area contributed by atoms with Crippen molar-refractivity contribution in [2.45, 2.75) is 57.1 Å². The number of imidazole rings is 1. The second-order valence-corrected chi connectivity index (χ2v) is 8.30. The Bertz CT molecular complexity index is 967. The largest absolute Gasteiger partial charge is 0.342 e. The lowest BCUT2D eigenvalue weighted by Crippen LogP contribution is -2.37. The van der Waals surface area contributed by atoms with Crippen molar-refractivity contribution in [3.8, 4) is 0 Å². The summed E-state index contributed by atoms with van der Waals surface area (Å²) < 4.78 is 4.39. The standard InChI is InChI=1S/C19H29N5O3S/c1-4-5-12-24-15-16(21(2)19(27)22(3)17(15)26)20-18(24)28-13-14(25)23-10-8-6-7-9-11-23/h4-13H2,1-3H3. The number of aromatic nitrogens is 4. The number of carbonyl (C=O) groups is 1. The number of nitrogens with zero attached hydrogens (tertiary/aromatic N) is 5. The van der Waals surface area contributed by atoms with E-state index in [4.69, 9.17) is 0 Å². The van der Waals surface area contributed by atoms with E-state index in [9.17, 15) is 14.4 Å². The van der Waals surface area contributed by atoms with E-state index < -0.39 is 5.69 Å². The predicted molar refractivity (Wildman–Crippen MR) is 111 cm³/mol. The molecule has 1 fully saturated rings. The number of carbonyl (C=O) groups excluding carboxylic acids is 1. The van der Waals surface area contributed by atoms with Gasteiger partial charge in [-0.2, -0.15) is 0 Å². The summed E-state index contributed by atoms with van der Waals surface area (Å²) >= 11 is 1.36. The highest BCUT2D eigenvalue weighted by Gasteiger charge is 2.21. The average Bonchev–Trinajstić information content (AvgIpc) is 2.86. The molecule has 2 aromatic rings. The predicted octanol–water partition coefficient (Wildman–Crippen LogP) is 1.73. The summed E-state index contributed by atoms with van der Waals surface area (Å²) in [7, 11) is 3.11. The fourth-order valence-electron chi connectivity index (χ4n) is 3.60. The fourth-order valence-corrected chi connectivity index (χ4v) is 4.52. The van der Waals surface area contributed by atoms with Crippen LogP contribution in [0, 0.1) is 0 Å². The Balaban J connectivity index is 1.92. The fraction of sp³-hybridized carbons (Fsp3) is 0.684. The van der Waals surface area contributed by atoms with Crippen LogP contribution in [0.3, 0.4) is 0 Å². The number of hydrogen-bond acceptors (Lipinski definition) is 5. The molecule has 0 bridgehead atoms. The molecule has 2 aromatic heterocycles. The zero-order valence-electron chi connectivity index (χ0n) is 16.9. The molecule has 1 aliphatic rings. The lowest BCUT2D eigenvalue weighted by atomic mass is 10.2. The van der Waals surface area contributed by atoms with Gasteiger partial charge in [0.2, 0.25) is 5.91 Å². The summed E-state index contributed by atoms with van der Waals surface area (Å²) in [4.78, 5) is 44.1. The van der Waals surface area contributed by atoms with E-state index in [0.29, 0.717) is 28.6 Å². The molecule has 0 radical (unpaired) electrons. The molecule has 0 unspecified atom stereocenters. The quantitative estimate of drug-likeness (QED) is 0.681. The van der Waals surface area contributed by atoms with Gasteiger partial charge in [-0.1, -0.05) is 37.9 Å². The van der Waals surface area contributed by atoms with Gasteiger partial charge in [-0.15, -0.1) is 0 Å². The number of hydrogen-bond donors (Lipinski definition) is 0. The minimum Gasteiger partial charge on any atom is -0.342 e. The van der Waals surface area contributed by atoms with Crippen LogP contribution in [0.4, 0.5) is 0 Å². The van der Waals surface area contributed by atoms with Gasteiger partial charge < -0.3 is 9.47 Å². The molecule has 28 heavy (non-hydrogen) atoms. The van der Waals surface area contributed by atoms with Gasteiger partial charge in [-0.25, -0.2) is 9.78 Å². The molecule has 0 atom stereocenters. The first-order valence-corrected chi connectivity index (χ1v) is 11.0. The highest BCUT2D eigenvalue weighted by molar-refractivity contribution is 7.99. The van der Waals surface area contributed by atoms with Crippen molar-refractivity contribution in [3.63, 3.8) is 0 Å². The summed E-state index contributed by atoms with van der Waals surface area (Å²) in [6.45, 7) is 4.37. The molecule has 0 aliphatic carbocycles. The van der Waals surface area contributed by atoms with Gasteiger partial charge in [0.05, 0.1) is 5.75 Å². The molecule has 154 valence electrons. The molecule has 0 spiro atoms. The molecule has 0 N–H and O–H groups in total. The Hall–Kier alpha value is -2.03. The average molecular weight is 408 g/mol. The smallest absolute Gasteiger partial charge is 0.332 e. The summed E-state index contributed by atoms with van der Waals surface area (Å²) in [6, 6.07) is 0. The topological polar surface area (TPSA) is 82.1 Å². The van der Waals surface area contributed by atoms with Crippen molar-refractivity contribution in [1.82, 2.24) is 23.6 Å². The second kappa shape index (κ2) is 8.98. The zero-order chi connectivity index (χ0) is 20.3. The van der Waals surface area contributed by atoms with E-state index >= 15 is 0 Å². The molecular weight excluding hydrogens is 378 g/mol. The first-order valence-electron chi connectivity index (χ1n) is 10.0. The molecule has 0 saturated carbocycles. The second-order valence-electron chi connectivity index (χ2n) is 7.36. The van der Waals surface area contributed by atoms with Gasteiger partial charge in [0.15, 0.2) is 16.3 Å². The summed E-state index contributed by atoms with van der Waals surface area (Å²) in [5.74, 6) is 0.409. The van der Waals surface area contributed by atoms with Crippen LogP contribution in [0.1, 0.15) is 45.4 Å². The van der Waals surface area contributed by atoms with Crippen molar-refractivity contribution in [2.24, 2.45) is 14.1 Å². The molecule has 0 aromatic carbocycles. The third-order valence-electron chi connectivity index (χ3n) is 5.33. The van der Waals surface area contributed by atoms with Crippen LogP contribution in [0.5, 0.6) is 0 Å². The van der Waals surface area contributed by atoms with Crippen molar-refractivity contribution in [2.75, 3.05) is 18.8 Å². The van der Waals surface area contributed by atoms with Crippen LogP contribution < -0.4 is 11.2 Å². The first kappa shape index (κ1) is 20.7. The van der Waals surface area contributed by atoms with E-state index in [1.807, 2.05) is 9.47 Å². The third kappa shape index (κ3) is 4.04. The zero-order valence-corrected chi connectivity index (χ0v) is 17.8. The number of aryl methyl sites for hydroxylation is 2. The molecular formula is C19H29N5O3S. The Morgan fingerprint density at radius 2 is 1.75 bits per heavy atom. The van der Waals surface area contributed by atoms with Crippen LogP contribution in [-0.2, 0) is 25.4 Å². The van der Waals surface area contributed by atoms with Crippen molar-refractivity contribution in [1.29, 1.82) is 0 Å². The highest BCUT2D eigenvalue weighted by Crippen LogP contribution is 2.23. The van der Waals surface area contributed by atoms with E-state index in [-0.39, 0.29) is 11.5 Å². The lowest BCUT2D eigenvalue weighted by molar-refractivity contribution is -0.128. The van der Waals surface area contributed by atoms with Gasteiger partial charge in [-0.3, -0.25) is 18.7 Å². The van der Waals surface area contributed by atoms with Crippen LogP contribution in [0.25, 0.3) is 11.2 Å². The highest BCUT2D eigenvalue weighted by atomic mass is 32.2. The molecule has 1 aliphatic heterocycles. The Morgan fingerprint density at radius 3 is 2.39 bits per heavy atom. The summed E-state index contributed by atoms with van der Waals surface area (Å²) in [5.41, 5.74) is 0.0823. The molecule has 1 amide bonds. The van der Waals surface area contributed by atoms with Gasteiger partial charge in [-0.05, 0) is 19.3 Å². The number of likely N-dealkylation sites (tertiary alicyclic amines) is 1.